The number of aliphatic hydroxyl groups excluding tert-OH is 1. The molecule has 180 valence electrons. The van der Waals surface area contributed by atoms with Gasteiger partial charge in [0.05, 0.1) is 24.0 Å². The first-order chi connectivity index (χ1) is 16.2. The van der Waals surface area contributed by atoms with Crippen LogP contribution in [0.4, 0.5) is 0 Å². The van der Waals surface area contributed by atoms with Gasteiger partial charge in [-0.2, -0.15) is 8.42 Å². The van der Waals surface area contributed by atoms with Gasteiger partial charge in [-0.1, -0.05) is 28.1 Å². The Morgan fingerprint density at radius 1 is 1.29 bits per heavy atom. The summed E-state index contributed by atoms with van der Waals surface area (Å²) < 4.78 is 29.7. The first-order valence-corrected chi connectivity index (χ1v) is 13.0. The van der Waals surface area contributed by atoms with Gasteiger partial charge in [0.15, 0.2) is 5.78 Å². The summed E-state index contributed by atoms with van der Waals surface area (Å²) in [7, 11) is -4.06. The summed E-state index contributed by atoms with van der Waals surface area (Å²) in [4.78, 5) is 21.6. The van der Waals surface area contributed by atoms with Gasteiger partial charge in [0.2, 0.25) is 0 Å². The van der Waals surface area contributed by atoms with Gasteiger partial charge in [-0.3, -0.25) is 8.98 Å². The molecule has 0 amide bonds. The number of rotatable bonds is 9. The van der Waals surface area contributed by atoms with Gasteiger partial charge >= 0.3 is 10.3 Å². The molecule has 3 atom stereocenters. The molecule has 2 heterocycles. The predicted octanol–water partition coefficient (Wildman–Crippen LogP) is 2.47. The second kappa shape index (κ2) is 10.4. The first kappa shape index (κ1) is 24.7. The molecule has 3 aromatic rings. The van der Waals surface area contributed by atoms with E-state index in [4.69, 9.17) is 5.14 Å². The summed E-state index contributed by atoms with van der Waals surface area (Å²) in [5, 5.41) is 15.2. The molecule has 11 heteroatoms. The summed E-state index contributed by atoms with van der Waals surface area (Å²) in [6.45, 7) is 0.463. The Labute approximate surface area is 206 Å². The third-order valence-corrected chi connectivity index (χ3v) is 6.95. The number of hydrogen-bond acceptors (Lipinski definition) is 7. The fourth-order valence-electron chi connectivity index (χ4n) is 4.40. The number of aromatic nitrogens is 3. The van der Waals surface area contributed by atoms with Crippen LogP contribution in [-0.2, 0) is 27.5 Å². The van der Waals surface area contributed by atoms with Crippen LogP contribution in [-0.4, -0.2) is 46.6 Å². The SMILES string of the molecule is NS(=O)(=O)OC[C@@H]1C[C@@H](Cc2ncncc2C(=O)c2ccn(Cc3cccc(Br)c3)c2)C[C@@H]1O. The lowest BCUT2D eigenvalue weighted by Crippen LogP contribution is -2.24. The van der Waals surface area contributed by atoms with E-state index in [1.165, 1.54) is 12.5 Å². The Balaban J connectivity index is 1.44. The number of nitrogens with zero attached hydrogens (tertiary/aromatic N) is 3. The van der Waals surface area contributed by atoms with Crippen LogP contribution in [0.3, 0.4) is 0 Å². The first-order valence-electron chi connectivity index (χ1n) is 10.8. The van der Waals surface area contributed by atoms with Crippen LogP contribution in [0, 0.1) is 11.8 Å². The minimum atomic E-state index is -4.06. The molecule has 0 spiro atoms. The van der Waals surface area contributed by atoms with Crippen molar-refractivity contribution in [2.45, 2.75) is 31.9 Å². The van der Waals surface area contributed by atoms with E-state index in [1.807, 2.05) is 35.0 Å². The molecule has 0 radical (unpaired) electrons. The summed E-state index contributed by atoms with van der Waals surface area (Å²) in [6.07, 6.45) is 7.34. The number of benzene rings is 1. The average Bonchev–Trinajstić information content (AvgIpc) is 3.38. The van der Waals surface area contributed by atoms with Crippen LogP contribution >= 0.6 is 15.9 Å². The van der Waals surface area contributed by atoms with Crippen molar-refractivity contribution in [2.75, 3.05) is 6.61 Å². The number of hydrogen-bond donors (Lipinski definition) is 2. The number of carbonyl (C=O) groups is 1. The minimum absolute atomic E-state index is 0.0201. The van der Waals surface area contributed by atoms with E-state index in [-0.39, 0.29) is 24.2 Å². The molecule has 1 aliphatic carbocycles. The monoisotopic (exact) mass is 548 g/mol. The normalized spacial score (nSPS) is 20.5. The van der Waals surface area contributed by atoms with E-state index in [9.17, 15) is 18.3 Å². The topological polar surface area (TPSA) is 137 Å². The molecule has 2 aromatic heterocycles. The predicted molar refractivity (Wildman–Crippen MR) is 128 cm³/mol. The van der Waals surface area contributed by atoms with Gasteiger partial charge < -0.3 is 9.67 Å². The lowest BCUT2D eigenvalue weighted by molar-refractivity contribution is 0.100. The Kier molecular flexibility index (Phi) is 7.58. The highest BCUT2D eigenvalue weighted by molar-refractivity contribution is 9.10. The fraction of sp³-hybridized carbons (Fsp3) is 0.348. The highest BCUT2D eigenvalue weighted by Gasteiger charge is 2.34. The third-order valence-electron chi connectivity index (χ3n) is 5.99. The number of halogens is 1. The molecule has 3 N–H and O–H groups in total. The molecule has 1 fully saturated rings. The lowest BCUT2D eigenvalue weighted by atomic mass is 9.95. The molecule has 34 heavy (non-hydrogen) atoms. The van der Waals surface area contributed by atoms with Crippen LogP contribution in [0.5, 0.6) is 0 Å². The van der Waals surface area contributed by atoms with Gasteiger partial charge in [-0.15, -0.1) is 0 Å². The maximum Gasteiger partial charge on any atom is 0.333 e. The summed E-state index contributed by atoms with van der Waals surface area (Å²) in [6, 6.07) is 9.75. The molecule has 1 aromatic carbocycles. The Bertz CT molecular complexity index is 1280. The maximum atomic E-state index is 13.3. The van der Waals surface area contributed by atoms with Crippen molar-refractivity contribution in [3.05, 3.63) is 82.1 Å². The Morgan fingerprint density at radius 2 is 2.12 bits per heavy atom. The molecule has 0 saturated heterocycles. The highest BCUT2D eigenvalue weighted by Crippen LogP contribution is 2.34. The lowest BCUT2D eigenvalue weighted by Gasteiger charge is -2.13. The molecule has 0 aliphatic heterocycles. The molecular formula is C23H25BrN4O5S. The van der Waals surface area contributed by atoms with Crippen molar-refractivity contribution in [1.29, 1.82) is 0 Å². The summed E-state index contributed by atoms with van der Waals surface area (Å²) in [5.41, 5.74) is 2.66. The second-order valence-corrected chi connectivity index (χ2v) is 10.7. The van der Waals surface area contributed by atoms with Gasteiger partial charge in [0.1, 0.15) is 6.33 Å². The van der Waals surface area contributed by atoms with Crippen molar-refractivity contribution in [3.8, 4) is 0 Å². The number of aliphatic hydroxyl groups is 1. The summed E-state index contributed by atoms with van der Waals surface area (Å²) in [5.74, 6) is -0.501. The van der Waals surface area contributed by atoms with E-state index in [1.54, 1.807) is 12.3 Å². The molecule has 9 nitrogen and oxygen atoms in total. The quantitative estimate of drug-likeness (QED) is 0.391. The van der Waals surface area contributed by atoms with E-state index in [2.05, 4.69) is 30.1 Å². The van der Waals surface area contributed by atoms with Crippen molar-refractivity contribution in [3.63, 3.8) is 0 Å². The van der Waals surface area contributed by atoms with E-state index in [0.717, 1.165) is 10.0 Å². The van der Waals surface area contributed by atoms with Crippen LogP contribution in [0.15, 0.2) is 59.7 Å². The second-order valence-electron chi connectivity index (χ2n) is 8.56. The van der Waals surface area contributed by atoms with E-state index < -0.39 is 16.4 Å². The number of carbonyl (C=O) groups excluding carboxylic acids is 1. The van der Waals surface area contributed by atoms with Crippen molar-refractivity contribution < 1.29 is 22.5 Å². The number of nitrogens with two attached hydrogens (primary N) is 1. The smallest absolute Gasteiger partial charge is 0.333 e. The van der Waals surface area contributed by atoms with Crippen LogP contribution < -0.4 is 5.14 Å². The molecular weight excluding hydrogens is 524 g/mol. The highest BCUT2D eigenvalue weighted by atomic mass is 79.9. The zero-order valence-electron chi connectivity index (χ0n) is 18.2. The average molecular weight is 549 g/mol. The molecule has 4 rings (SSSR count). The number of ketones is 1. The van der Waals surface area contributed by atoms with E-state index >= 15 is 0 Å². The van der Waals surface area contributed by atoms with Crippen LogP contribution in [0.1, 0.15) is 40.0 Å². The molecule has 0 bridgehead atoms. The van der Waals surface area contributed by atoms with Crippen molar-refractivity contribution in [1.82, 2.24) is 14.5 Å². The van der Waals surface area contributed by atoms with Crippen molar-refractivity contribution >= 4 is 32.0 Å². The van der Waals surface area contributed by atoms with Crippen molar-refractivity contribution in [2.24, 2.45) is 17.0 Å². The molecule has 0 unspecified atom stereocenters. The van der Waals surface area contributed by atoms with Gasteiger partial charge in [-0.25, -0.2) is 15.1 Å². The van der Waals surface area contributed by atoms with Crippen LogP contribution in [0.25, 0.3) is 0 Å². The fourth-order valence-corrected chi connectivity index (χ4v) is 5.21. The standard InChI is InChI=1S/C23H25BrN4O5S/c24-19-3-1-2-15(7-19)11-28-5-4-17(12-28)23(30)20-10-26-14-27-21(20)8-16-6-18(22(29)9-16)13-33-34(25,31)32/h1-5,7,10,12,14,16,18,22,29H,6,8-9,11,13H2,(H2,25,31,32)/t16-,18-,22-/m0/s1. The van der Waals surface area contributed by atoms with Gasteiger partial charge in [0.25, 0.3) is 0 Å². The molecule has 1 aliphatic rings. The Morgan fingerprint density at radius 3 is 2.88 bits per heavy atom. The van der Waals surface area contributed by atoms with E-state index in [0.29, 0.717) is 42.6 Å². The zero-order chi connectivity index (χ0) is 24.3. The zero-order valence-corrected chi connectivity index (χ0v) is 20.7. The van der Waals surface area contributed by atoms with Gasteiger partial charge in [0, 0.05) is 41.1 Å². The summed E-state index contributed by atoms with van der Waals surface area (Å²) >= 11 is 3.47. The third kappa shape index (κ3) is 6.36. The van der Waals surface area contributed by atoms with Gasteiger partial charge in [-0.05, 0) is 48.9 Å². The Hall–Kier alpha value is -2.44. The minimum Gasteiger partial charge on any atom is -0.393 e. The van der Waals surface area contributed by atoms with Crippen LogP contribution in [0.2, 0.25) is 0 Å². The molecule has 1 saturated carbocycles. The largest absolute Gasteiger partial charge is 0.393 e. The maximum absolute atomic E-state index is 13.3.